The van der Waals surface area contributed by atoms with Crippen LogP contribution >= 0.6 is 0 Å². The lowest BCUT2D eigenvalue weighted by Gasteiger charge is -2.13. The molecule has 0 aliphatic carbocycles. The van der Waals surface area contributed by atoms with Crippen LogP contribution < -0.4 is 10.6 Å². The van der Waals surface area contributed by atoms with E-state index in [1.54, 1.807) is 0 Å². The molecule has 1 aromatic rings. The molecule has 0 spiro atoms. The van der Waals surface area contributed by atoms with Crippen molar-refractivity contribution in [2.75, 3.05) is 6.61 Å². The largest absolute Gasteiger partial charge is 0.480 e. The summed E-state index contributed by atoms with van der Waals surface area (Å²) in [5.74, 6) is -1.27. The van der Waals surface area contributed by atoms with Crippen LogP contribution in [0.2, 0.25) is 0 Å². The number of urea groups is 1. The van der Waals surface area contributed by atoms with Gasteiger partial charge in [-0.1, -0.05) is 31.2 Å². The summed E-state index contributed by atoms with van der Waals surface area (Å²) < 4.78 is 0. The molecule has 6 nitrogen and oxygen atoms in total. The van der Waals surface area contributed by atoms with E-state index >= 15 is 0 Å². The van der Waals surface area contributed by atoms with Crippen LogP contribution in [0.1, 0.15) is 18.1 Å². The number of aryl methyl sites for hydroxylation is 1. The molecule has 0 radical (unpaired) electrons. The quantitative estimate of drug-likeness (QED) is 0.602. The molecular weight excluding hydrogens is 248 g/mol. The summed E-state index contributed by atoms with van der Waals surface area (Å²) in [6.45, 7) is 1.69. The molecule has 0 fully saturated rings. The minimum atomic E-state index is -1.29. The zero-order valence-electron chi connectivity index (χ0n) is 10.7. The monoisotopic (exact) mass is 266 g/mol. The zero-order chi connectivity index (χ0) is 14.3. The summed E-state index contributed by atoms with van der Waals surface area (Å²) in [5.41, 5.74) is 2.11. The van der Waals surface area contributed by atoms with Crippen LogP contribution in [0.5, 0.6) is 0 Å². The van der Waals surface area contributed by atoms with Crippen molar-refractivity contribution in [3.63, 3.8) is 0 Å². The summed E-state index contributed by atoms with van der Waals surface area (Å²) in [5, 5.41) is 22.2. The number of hydrogen-bond acceptors (Lipinski definition) is 3. The highest BCUT2D eigenvalue weighted by molar-refractivity contribution is 5.82. The Morgan fingerprint density at radius 3 is 2.42 bits per heavy atom. The van der Waals surface area contributed by atoms with Gasteiger partial charge in [-0.2, -0.15) is 0 Å². The molecule has 0 saturated carbocycles. The van der Waals surface area contributed by atoms with Crippen LogP contribution in [0.15, 0.2) is 24.3 Å². The van der Waals surface area contributed by atoms with Crippen LogP contribution in [-0.2, 0) is 17.8 Å². The van der Waals surface area contributed by atoms with Gasteiger partial charge >= 0.3 is 12.0 Å². The highest BCUT2D eigenvalue weighted by Crippen LogP contribution is 2.08. The van der Waals surface area contributed by atoms with E-state index in [2.05, 4.69) is 10.6 Å². The standard InChI is InChI=1S/C13H18N2O4/c1-2-9-5-3-4-6-10(9)7-14-13(19)15-11(8-16)12(17)18/h3-6,11,16H,2,7-8H2,1H3,(H,17,18)(H2,14,15,19)/t11-/m0/s1. The van der Waals surface area contributed by atoms with Crippen molar-refractivity contribution in [2.45, 2.75) is 25.9 Å². The number of benzene rings is 1. The highest BCUT2D eigenvalue weighted by atomic mass is 16.4. The Labute approximate surface area is 111 Å². The number of aliphatic hydroxyl groups excluding tert-OH is 1. The van der Waals surface area contributed by atoms with Gasteiger partial charge in [0.05, 0.1) is 6.61 Å². The van der Waals surface area contributed by atoms with Crippen LogP contribution in [0, 0.1) is 0 Å². The number of aliphatic carboxylic acids is 1. The minimum absolute atomic E-state index is 0.313. The number of nitrogens with one attached hydrogen (secondary N) is 2. The lowest BCUT2D eigenvalue weighted by Crippen LogP contribution is -2.47. The molecular formula is C13H18N2O4. The second-order valence-electron chi connectivity index (χ2n) is 4.02. The summed E-state index contributed by atoms with van der Waals surface area (Å²) in [6, 6.07) is 5.77. The number of hydrogen-bond donors (Lipinski definition) is 4. The minimum Gasteiger partial charge on any atom is -0.480 e. The first kappa shape index (κ1) is 15.0. The van der Waals surface area contributed by atoms with Crippen molar-refractivity contribution in [1.82, 2.24) is 10.6 Å². The normalized spacial score (nSPS) is 11.7. The lowest BCUT2D eigenvalue weighted by molar-refractivity contribution is -0.140. The summed E-state index contributed by atoms with van der Waals surface area (Å²) in [4.78, 5) is 22.1. The van der Waals surface area contributed by atoms with Gasteiger partial charge in [0.25, 0.3) is 0 Å². The fraction of sp³-hybridized carbons (Fsp3) is 0.385. The number of carboxylic acids is 1. The molecule has 0 aliphatic rings. The molecule has 0 bridgehead atoms. The molecule has 0 heterocycles. The number of aliphatic hydroxyl groups is 1. The highest BCUT2D eigenvalue weighted by Gasteiger charge is 2.18. The first-order valence-corrected chi connectivity index (χ1v) is 6.03. The van der Waals surface area contributed by atoms with Crippen LogP contribution in [-0.4, -0.2) is 34.9 Å². The maximum atomic E-state index is 11.5. The summed E-state index contributed by atoms with van der Waals surface area (Å²) >= 11 is 0. The average molecular weight is 266 g/mol. The molecule has 0 saturated heterocycles. The van der Waals surface area contributed by atoms with Gasteiger partial charge in [0.2, 0.25) is 0 Å². The Balaban J connectivity index is 2.52. The van der Waals surface area contributed by atoms with Crippen molar-refractivity contribution in [2.24, 2.45) is 0 Å². The average Bonchev–Trinajstić information content (AvgIpc) is 2.42. The van der Waals surface area contributed by atoms with Gasteiger partial charge in [-0.05, 0) is 17.5 Å². The van der Waals surface area contributed by atoms with E-state index in [-0.39, 0.29) is 0 Å². The van der Waals surface area contributed by atoms with Gasteiger partial charge in [-0.3, -0.25) is 0 Å². The molecule has 0 aromatic heterocycles. The summed E-state index contributed by atoms with van der Waals surface area (Å²) in [6.07, 6.45) is 0.855. The molecule has 6 heteroatoms. The van der Waals surface area contributed by atoms with E-state index < -0.39 is 24.6 Å². The first-order valence-electron chi connectivity index (χ1n) is 6.03. The summed E-state index contributed by atoms with van der Waals surface area (Å²) in [7, 11) is 0. The molecule has 0 aliphatic heterocycles. The first-order chi connectivity index (χ1) is 9.08. The van der Waals surface area contributed by atoms with E-state index in [1.807, 2.05) is 31.2 Å². The molecule has 4 N–H and O–H groups in total. The molecule has 19 heavy (non-hydrogen) atoms. The van der Waals surface area contributed by atoms with Gasteiger partial charge < -0.3 is 20.8 Å². The third kappa shape index (κ3) is 4.59. The molecule has 1 atom stereocenters. The Morgan fingerprint density at radius 1 is 1.26 bits per heavy atom. The van der Waals surface area contributed by atoms with Crippen LogP contribution in [0.25, 0.3) is 0 Å². The second kappa shape index (κ2) is 7.38. The van der Waals surface area contributed by atoms with Gasteiger partial charge in [0, 0.05) is 6.54 Å². The van der Waals surface area contributed by atoms with Gasteiger partial charge in [-0.15, -0.1) is 0 Å². The predicted octanol–water partition coefficient (Wildman–Crippen LogP) is 0.494. The Morgan fingerprint density at radius 2 is 1.89 bits per heavy atom. The van der Waals surface area contributed by atoms with Crippen LogP contribution in [0.3, 0.4) is 0 Å². The SMILES string of the molecule is CCc1ccccc1CNC(=O)N[C@@H](CO)C(=O)O. The maximum absolute atomic E-state index is 11.5. The van der Waals surface area contributed by atoms with E-state index in [9.17, 15) is 9.59 Å². The fourth-order valence-corrected chi connectivity index (χ4v) is 1.65. The zero-order valence-corrected chi connectivity index (χ0v) is 10.7. The van der Waals surface area contributed by atoms with E-state index in [0.29, 0.717) is 6.54 Å². The Hall–Kier alpha value is -2.08. The Kier molecular flexibility index (Phi) is 5.81. The molecule has 104 valence electrons. The maximum Gasteiger partial charge on any atom is 0.328 e. The van der Waals surface area contributed by atoms with Gasteiger partial charge in [-0.25, -0.2) is 9.59 Å². The molecule has 2 amide bonds. The van der Waals surface area contributed by atoms with Gasteiger partial charge in [0.15, 0.2) is 6.04 Å². The third-order valence-corrected chi connectivity index (χ3v) is 2.72. The van der Waals surface area contributed by atoms with Crippen molar-refractivity contribution in [1.29, 1.82) is 0 Å². The Bertz CT molecular complexity index is 448. The van der Waals surface area contributed by atoms with E-state index in [1.165, 1.54) is 0 Å². The topological polar surface area (TPSA) is 98.7 Å². The number of carboxylic acid groups (broad SMARTS) is 1. The van der Waals surface area contributed by atoms with Crippen LogP contribution in [0.4, 0.5) is 4.79 Å². The number of carbonyl (C=O) groups is 2. The predicted molar refractivity (Wildman–Crippen MR) is 69.7 cm³/mol. The van der Waals surface area contributed by atoms with E-state index in [4.69, 9.17) is 10.2 Å². The number of carbonyl (C=O) groups excluding carboxylic acids is 1. The molecule has 1 rings (SSSR count). The number of rotatable bonds is 6. The van der Waals surface area contributed by atoms with Gasteiger partial charge in [0.1, 0.15) is 0 Å². The lowest BCUT2D eigenvalue weighted by atomic mass is 10.1. The van der Waals surface area contributed by atoms with Crippen molar-refractivity contribution >= 4 is 12.0 Å². The molecule has 1 aromatic carbocycles. The third-order valence-electron chi connectivity index (χ3n) is 2.72. The van der Waals surface area contributed by atoms with Crippen molar-refractivity contribution in [3.8, 4) is 0 Å². The molecule has 0 unspecified atom stereocenters. The fourth-order valence-electron chi connectivity index (χ4n) is 1.65. The van der Waals surface area contributed by atoms with Crippen molar-refractivity contribution in [3.05, 3.63) is 35.4 Å². The van der Waals surface area contributed by atoms with E-state index in [0.717, 1.165) is 17.5 Å². The number of amides is 2. The van der Waals surface area contributed by atoms with Crippen molar-refractivity contribution < 1.29 is 19.8 Å². The smallest absolute Gasteiger partial charge is 0.328 e. The second-order valence-corrected chi connectivity index (χ2v) is 4.02.